The van der Waals surface area contributed by atoms with Gasteiger partial charge in [0.25, 0.3) is 0 Å². The Morgan fingerprint density at radius 2 is 1.66 bits per heavy atom. The molecular weight excluding hydrogens is 443 g/mol. The molecule has 0 fully saturated rings. The lowest BCUT2D eigenvalue weighted by Crippen LogP contribution is -3.00. The summed E-state index contributed by atoms with van der Waals surface area (Å²) in [6, 6.07) is 11.9. The molecule has 1 aliphatic rings. The van der Waals surface area contributed by atoms with Gasteiger partial charge in [-0.05, 0) is 58.0 Å². The molecule has 0 unspecified atom stereocenters. The maximum absolute atomic E-state index is 10.5. The molecule has 0 spiro atoms. The maximum atomic E-state index is 10.5. The van der Waals surface area contributed by atoms with Crippen molar-refractivity contribution in [3.05, 3.63) is 58.6 Å². The van der Waals surface area contributed by atoms with Crippen LogP contribution < -0.4 is 9.60 Å². The zero-order valence-electron chi connectivity index (χ0n) is 18.8. The van der Waals surface area contributed by atoms with E-state index in [0.717, 1.165) is 29.4 Å². The first-order chi connectivity index (χ1) is 14.5. The topological polar surface area (TPSA) is 26.5 Å². The van der Waals surface area contributed by atoms with Crippen LogP contribution in [0.25, 0.3) is 6.08 Å². The highest BCUT2D eigenvalue weighted by atomic mass is 35.5. The molecule has 1 heterocycles. The van der Waals surface area contributed by atoms with E-state index in [1.54, 1.807) is 0 Å². The molecular formula is C23H28BClF4N2O. The van der Waals surface area contributed by atoms with Gasteiger partial charge in [-0.2, -0.15) is 4.58 Å². The standard InChI is InChI=1S/C23H27ClN2O.BF3.FH/c1-6-26(7-2)18-11-8-16(21(27)15-18)9-13-22-23(3,4)19-14-17(24)10-12-20(19)25(22)5;2-1(3)4;/h8-15H,6-7H2,1-5H3;;1H. The van der Waals surface area contributed by atoms with Crippen molar-refractivity contribution in [3.8, 4) is 5.75 Å². The maximum Gasteiger partial charge on any atom is 0.762 e. The minimum absolute atomic E-state index is 0. The van der Waals surface area contributed by atoms with Crippen molar-refractivity contribution in [1.29, 1.82) is 0 Å². The highest BCUT2D eigenvalue weighted by Crippen LogP contribution is 2.41. The third kappa shape index (κ3) is 6.06. The van der Waals surface area contributed by atoms with Crippen molar-refractivity contribution >= 4 is 42.3 Å². The molecule has 1 N–H and O–H groups in total. The first kappa shape index (κ1) is 27.6. The number of hydrogen-bond acceptors (Lipinski definition) is 2. The lowest BCUT2D eigenvalue weighted by atomic mass is 9.81. The largest absolute Gasteiger partial charge is 1.00 e. The van der Waals surface area contributed by atoms with Crippen molar-refractivity contribution in [3.63, 3.8) is 0 Å². The van der Waals surface area contributed by atoms with E-state index in [0.29, 0.717) is 5.75 Å². The zero-order chi connectivity index (χ0) is 23.3. The minimum Gasteiger partial charge on any atom is -1.00 e. The van der Waals surface area contributed by atoms with Crippen molar-refractivity contribution in [2.24, 2.45) is 0 Å². The molecule has 3 rings (SSSR count). The molecule has 3 nitrogen and oxygen atoms in total. The molecule has 2 aromatic carbocycles. The van der Waals surface area contributed by atoms with Crippen LogP contribution in [-0.2, 0) is 5.41 Å². The van der Waals surface area contributed by atoms with Crippen LogP contribution >= 0.6 is 11.6 Å². The van der Waals surface area contributed by atoms with Crippen molar-refractivity contribution < 1.29 is 27.3 Å². The summed E-state index contributed by atoms with van der Waals surface area (Å²) in [7, 11) is -1.59. The summed E-state index contributed by atoms with van der Waals surface area (Å²) < 4.78 is 31.2. The van der Waals surface area contributed by atoms with Gasteiger partial charge in [0.2, 0.25) is 5.69 Å². The molecule has 0 saturated heterocycles. The number of hydrogen-bond donors (Lipinski definition) is 1. The van der Waals surface area contributed by atoms with Gasteiger partial charge < -0.3 is 14.7 Å². The summed E-state index contributed by atoms with van der Waals surface area (Å²) in [5, 5.41) is 11.2. The first-order valence-corrected chi connectivity index (χ1v) is 10.5. The third-order valence-corrected chi connectivity index (χ3v) is 5.79. The number of rotatable bonds is 5. The molecule has 0 amide bonds. The van der Waals surface area contributed by atoms with Crippen LogP contribution in [0.3, 0.4) is 0 Å². The molecule has 0 atom stereocenters. The Morgan fingerprint density at radius 1 is 1.06 bits per heavy atom. The van der Waals surface area contributed by atoms with E-state index < -0.39 is 7.54 Å². The highest BCUT2D eigenvalue weighted by molar-refractivity contribution is 6.33. The Kier molecular flexibility index (Phi) is 9.82. The molecule has 32 heavy (non-hydrogen) atoms. The van der Waals surface area contributed by atoms with E-state index in [1.807, 2.05) is 30.3 Å². The Balaban J connectivity index is 0.000000945. The average molecular weight is 471 g/mol. The second kappa shape index (κ2) is 11.4. The fourth-order valence-electron chi connectivity index (χ4n) is 3.94. The molecule has 2 aromatic rings. The number of phenolic OH excluding ortho intramolecular Hbond substituents is 1. The fraction of sp³-hybridized carbons (Fsp3) is 0.348. The zero-order valence-corrected chi connectivity index (χ0v) is 19.6. The SMILES string of the molecule is CCN(CC)c1ccc(C=CC2=[N+](C)c3ccc(Cl)cc3C2(C)C)c(O)c1.FB(F)F.[F-]. The van der Waals surface area contributed by atoms with Gasteiger partial charge in [0, 0.05) is 53.1 Å². The van der Waals surface area contributed by atoms with Gasteiger partial charge >= 0.3 is 7.54 Å². The van der Waals surface area contributed by atoms with Gasteiger partial charge in [0.15, 0.2) is 5.71 Å². The molecule has 0 aliphatic carbocycles. The van der Waals surface area contributed by atoms with Gasteiger partial charge in [-0.15, -0.1) is 0 Å². The predicted octanol–water partition coefficient (Wildman–Crippen LogP) is 3.50. The predicted molar refractivity (Wildman–Crippen MR) is 125 cm³/mol. The van der Waals surface area contributed by atoms with Crippen LogP contribution in [0.15, 0.2) is 42.5 Å². The summed E-state index contributed by atoms with van der Waals surface area (Å²) in [5.41, 5.74) is 5.28. The normalized spacial score (nSPS) is 13.9. The summed E-state index contributed by atoms with van der Waals surface area (Å²) in [4.78, 5) is 2.22. The number of aromatic hydroxyl groups is 1. The van der Waals surface area contributed by atoms with Gasteiger partial charge in [0.1, 0.15) is 12.8 Å². The number of anilines is 1. The Hall–Kier alpha value is -2.48. The molecule has 0 radical (unpaired) electrons. The highest BCUT2D eigenvalue weighted by Gasteiger charge is 2.42. The van der Waals surface area contributed by atoms with E-state index in [9.17, 15) is 18.1 Å². The van der Waals surface area contributed by atoms with Crippen LogP contribution in [0.4, 0.5) is 24.3 Å². The van der Waals surface area contributed by atoms with E-state index in [4.69, 9.17) is 11.6 Å². The quantitative estimate of drug-likeness (QED) is 0.411. The van der Waals surface area contributed by atoms with Crippen molar-refractivity contribution in [2.45, 2.75) is 33.1 Å². The van der Waals surface area contributed by atoms with Crippen LogP contribution in [-0.4, -0.2) is 43.1 Å². The van der Waals surface area contributed by atoms with Gasteiger partial charge in [-0.3, -0.25) is 12.9 Å². The molecule has 1 aliphatic heterocycles. The summed E-state index contributed by atoms with van der Waals surface area (Å²) in [5.74, 6) is 0.301. The van der Waals surface area contributed by atoms with Gasteiger partial charge in [0.05, 0.1) is 5.41 Å². The van der Waals surface area contributed by atoms with Crippen LogP contribution in [0.5, 0.6) is 5.75 Å². The van der Waals surface area contributed by atoms with Crippen LogP contribution in [0.2, 0.25) is 5.02 Å². The molecule has 0 aromatic heterocycles. The number of fused-ring (bicyclic) bond motifs is 1. The van der Waals surface area contributed by atoms with E-state index in [-0.39, 0.29) is 10.1 Å². The number of nitrogens with zero attached hydrogens (tertiary/aromatic N) is 2. The Labute approximate surface area is 192 Å². The van der Waals surface area contributed by atoms with Crippen LogP contribution in [0.1, 0.15) is 38.8 Å². The first-order valence-electron chi connectivity index (χ1n) is 10.1. The molecule has 174 valence electrons. The average Bonchev–Trinajstić information content (AvgIpc) is 2.87. The fourth-order valence-corrected chi connectivity index (χ4v) is 4.11. The number of halogens is 5. The molecule has 9 heteroatoms. The summed E-state index contributed by atoms with van der Waals surface area (Å²) in [6.07, 6.45) is 4.09. The number of benzene rings is 2. The lowest BCUT2D eigenvalue weighted by molar-refractivity contribution is -0.401. The number of allylic oxidation sites excluding steroid dienone is 1. The number of phenols is 1. The van der Waals surface area contributed by atoms with Crippen molar-refractivity contribution in [2.75, 3.05) is 25.0 Å². The summed E-state index contributed by atoms with van der Waals surface area (Å²) in [6.45, 7) is 10.5. The monoisotopic (exact) mass is 470 g/mol. The Bertz CT molecular complexity index is 989. The Morgan fingerprint density at radius 3 is 2.19 bits per heavy atom. The van der Waals surface area contributed by atoms with Gasteiger partial charge in [-0.1, -0.05) is 11.6 Å². The van der Waals surface area contributed by atoms with Crippen LogP contribution in [0, 0.1) is 0 Å². The lowest BCUT2D eigenvalue weighted by Gasteiger charge is -2.21. The van der Waals surface area contributed by atoms with Crippen molar-refractivity contribution in [1.82, 2.24) is 0 Å². The van der Waals surface area contributed by atoms with E-state index in [1.165, 1.54) is 17.0 Å². The van der Waals surface area contributed by atoms with E-state index in [2.05, 4.69) is 62.4 Å². The molecule has 0 saturated carbocycles. The smallest absolute Gasteiger partial charge is 0.762 e. The van der Waals surface area contributed by atoms with E-state index >= 15 is 0 Å². The minimum atomic E-state index is -3.67. The summed E-state index contributed by atoms with van der Waals surface area (Å²) >= 11 is 6.22. The second-order valence-electron chi connectivity index (χ2n) is 7.73. The molecule has 0 bridgehead atoms. The third-order valence-electron chi connectivity index (χ3n) is 5.56. The second-order valence-corrected chi connectivity index (χ2v) is 8.16. The van der Waals surface area contributed by atoms with Gasteiger partial charge in [-0.25, -0.2) is 0 Å².